The third kappa shape index (κ3) is 3.74. The fourth-order valence-corrected chi connectivity index (χ4v) is 5.21. The minimum absolute atomic E-state index is 0.0755. The first kappa shape index (κ1) is 20.6. The van der Waals surface area contributed by atoms with Crippen molar-refractivity contribution in [2.24, 2.45) is 16.6 Å². The lowest BCUT2D eigenvalue weighted by Gasteiger charge is -2.33. The lowest BCUT2D eigenvalue weighted by Crippen LogP contribution is -2.46. The molecule has 6 nitrogen and oxygen atoms in total. The smallest absolute Gasteiger partial charge is 0.261 e. The molecule has 1 unspecified atom stereocenters. The molecule has 2 N–H and O–H groups in total. The van der Waals surface area contributed by atoms with E-state index in [0.717, 1.165) is 37.1 Å². The molecule has 2 aliphatic rings. The predicted octanol–water partition coefficient (Wildman–Crippen LogP) is 3.35. The molecule has 2 amide bonds. The van der Waals surface area contributed by atoms with Crippen molar-refractivity contribution in [3.05, 3.63) is 46.8 Å². The zero-order chi connectivity index (χ0) is 21.5. The van der Waals surface area contributed by atoms with E-state index >= 15 is 0 Å². The second-order valence-corrected chi connectivity index (χ2v) is 9.39. The average Bonchev–Trinajstić information content (AvgIpc) is 3.26. The first-order chi connectivity index (χ1) is 14.3. The molecule has 3 heterocycles. The molecular weight excluding hydrogens is 396 g/mol. The Labute approximate surface area is 181 Å². The van der Waals surface area contributed by atoms with Gasteiger partial charge in [0.05, 0.1) is 0 Å². The first-order valence-corrected chi connectivity index (χ1v) is 11.2. The van der Waals surface area contributed by atoms with E-state index in [2.05, 4.69) is 35.5 Å². The Balaban J connectivity index is 1.52. The normalized spacial score (nSPS) is 22.5. The summed E-state index contributed by atoms with van der Waals surface area (Å²) in [6.07, 6.45) is 1.75. The number of carbonyl (C=O) groups excluding carboxylic acids is 2. The van der Waals surface area contributed by atoms with Gasteiger partial charge < -0.3 is 10.6 Å². The van der Waals surface area contributed by atoms with Crippen molar-refractivity contribution in [3.8, 4) is 10.4 Å². The highest BCUT2D eigenvalue weighted by molar-refractivity contribution is 7.13. The summed E-state index contributed by atoms with van der Waals surface area (Å²) >= 11 is 1.70. The predicted molar refractivity (Wildman–Crippen MR) is 120 cm³/mol. The summed E-state index contributed by atoms with van der Waals surface area (Å²) in [6, 6.07) is 10.2. The van der Waals surface area contributed by atoms with Crippen LogP contribution in [0.2, 0.25) is 0 Å². The number of guanidine groups is 1. The van der Waals surface area contributed by atoms with Gasteiger partial charge in [0, 0.05) is 31.4 Å². The summed E-state index contributed by atoms with van der Waals surface area (Å²) in [5.74, 6) is 0.642. The molecule has 1 atom stereocenters. The van der Waals surface area contributed by atoms with Gasteiger partial charge >= 0.3 is 0 Å². The molecule has 0 radical (unpaired) electrons. The molecule has 4 rings (SSSR count). The van der Waals surface area contributed by atoms with Crippen LogP contribution in [0.15, 0.2) is 40.7 Å². The van der Waals surface area contributed by atoms with Gasteiger partial charge in [-0.1, -0.05) is 18.2 Å². The van der Waals surface area contributed by atoms with Crippen molar-refractivity contribution in [1.82, 2.24) is 9.80 Å². The van der Waals surface area contributed by atoms with Crippen LogP contribution in [0.4, 0.5) is 0 Å². The van der Waals surface area contributed by atoms with Gasteiger partial charge in [0.15, 0.2) is 11.5 Å². The number of benzene rings is 1. The fraction of sp³-hybridized carbons (Fsp3) is 0.435. The summed E-state index contributed by atoms with van der Waals surface area (Å²) in [5.41, 5.74) is 8.38. The third-order valence-corrected chi connectivity index (χ3v) is 7.31. The van der Waals surface area contributed by atoms with Gasteiger partial charge in [-0.25, -0.2) is 4.99 Å². The number of rotatable bonds is 4. The summed E-state index contributed by atoms with van der Waals surface area (Å²) < 4.78 is 0. The largest absolute Gasteiger partial charge is 0.369 e. The number of thiophene rings is 1. The lowest BCUT2D eigenvalue weighted by atomic mass is 9.90. The van der Waals surface area contributed by atoms with E-state index in [0.29, 0.717) is 12.5 Å². The van der Waals surface area contributed by atoms with Crippen LogP contribution in [0.5, 0.6) is 0 Å². The van der Waals surface area contributed by atoms with Crippen molar-refractivity contribution < 1.29 is 9.59 Å². The zero-order valence-corrected chi connectivity index (χ0v) is 18.5. The van der Waals surface area contributed by atoms with Gasteiger partial charge in [-0.05, 0) is 66.8 Å². The molecular formula is C23H28N4O2S. The van der Waals surface area contributed by atoms with Gasteiger partial charge in [-0.15, -0.1) is 11.3 Å². The van der Waals surface area contributed by atoms with Gasteiger partial charge in [-0.3, -0.25) is 14.5 Å². The topological polar surface area (TPSA) is 79.0 Å². The summed E-state index contributed by atoms with van der Waals surface area (Å²) in [6.45, 7) is 7.55. The second-order valence-electron chi connectivity index (χ2n) is 8.48. The van der Waals surface area contributed by atoms with Crippen LogP contribution in [0.3, 0.4) is 0 Å². The van der Waals surface area contributed by atoms with Gasteiger partial charge in [0.25, 0.3) is 5.91 Å². The SMILES string of the molecule is CC(=O)N1CCC(CN2C(=O)C(C)(c3cccc(-c4cc(C)cs4)c3)N=C2N)CC1. The van der Waals surface area contributed by atoms with E-state index < -0.39 is 5.54 Å². The fourth-order valence-electron chi connectivity index (χ4n) is 4.32. The molecule has 30 heavy (non-hydrogen) atoms. The van der Waals surface area contributed by atoms with E-state index in [9.17, 15) is 9.59 Å². The minimum Gasteiger partial charge on any atom is -0.369 e. The summed E-state index contributed by atoms with van der Waals surface area (Å²) in [7, 11) is 0. The number of nitrogens with two attached hydrogens (primary N) is 1. The van der Waals surface area contributed by atoms with Crippen LogP contribution in [0, 0.1) is 12.8 Å². The van der Waals surface area contributed by atoms with E-state index in [-0.39, 0.29) is 17.8 Å². The Morgan fingerprint density at radius 2 is 2.03 bits per heavy atom. The molecule has 1 aromatic carbocycles. The van der Waals surface area contributed by atoms with E-state index in [1.807, 2.05) is 24.0 Å². The Morgan fingerprint density at radius 1 is 1.30 bits per heavy atom. The molecule has 1 saturated heterocycles. The minimum atomic E-state index is -1.01. The van der Waals surface area contributed by atoms with E-state index in [1.54, 1.807) is 23.2 Å². The van der Waals surface area contributed by atoms with Crippen LogP contribution in [0.1, 0.15) is 37.8 Å². The maximum atomic E-state index is 13.4. The second kappa shape index (κ2) is 7.87. The van der Waals surface area contributed by atoms with Crippen LogP contribution >= 0.6 is 11.3 Å². The van der Waals surface area contributed by atoms with Crippen molar-refractivity contribution in [3.63, 3.8) is 0 Å². The maximum Gasteiger partial charge on any atom is 0.261 e. The quantitative estimate of drug-likeness (QED) is 0.817. The van der Waals surface area contributed by atoms with Crippen LogP contribution in [-0.2, 0) is 15.1 Å². The molecule has 7 heteroatoms. The monoisotopic (exact) mass is 424 g/mol. The molecule has 0 aliphatic carbocycles. The number of likely N-dealkylation sites (tertiary alicyclic amines) is 1. The zero-order valence-electron chi connectivity index (χ0n) is 17.7. The summed E-state index contributed by atoms with van der Waals surface area (Å²) in [5, 5.41) is 2.12. The standard InChI is InChI=1S/C23H28N4O2S/c1-15-11-20(30-14-15)18-5-4-6-19(12-18)23(3)21(29)27(22(24)25-23)13-17-7-9-26(10-8-17)16(2)28/h4-6,11-12,14,17H,7-10,13H2,1-3H3,(H2,24,25). The highest BCUT2D eigenvalue weighted by Crippen LogP contribution is 2.36. The Kier molecular flexibility index (Phi) is 5.40. The maximum absolute atomic E-state index is 13.4. The van der Waals surface area contributed by atoms with Crippen LogP contribution < -0.4 is 5.73 Å². The number of amides is 2. The summed E-state index contributed by atoms with van der Waals surface area (Å²) in [4.78, 5) is 34.2. The number of aliphatic imine (C=N–C) groups is 1. The molecule has 0 bridgehead atoms. The highest BCUT2D eigenvalue weighted by atomic mass is 32.1. The Morgan fingerprint density at radius 3 is 2.67 bits per heavy atom. The van der Waals surface area contributed by atoms with E-state index in [1.165, 1.54) is 10.4 Å². The number of nitrogens with zero attached hydrogens (tertiary/aromatic N) is 3. The number of carbonyl (C=O) groups is 2. The first-order valence-electron chi connectivity index (χ1n) is 10.4. The van der Waals surface area contributed by atoms with Gasteiger partial charge in [0.2, 0.25) is 5.91 Å². The Bertz CT molecular complexity index is 1010. The van der Waals surface area contributed by atoms with Gasteiger partial charge in [0.1, 0.15) is 0 Å². The molecule has 158 valence electrons. The van der Waals surface area contributed by atoms with Crippen LogP contribution in [-0.4, -0.2) is 47.2 Å². The lowest BCUT2D eigenvalue weighted by molar-refractivity contribution is -0.133. The number of hydrogen-bond donors (Lipinski definition) is 1. The molecule has 2 aromatic rings. The third-order valence-electron chi connectivity index (χ3n) is 6.22. The molecule has 2 aliphatic heterocycles. The molecule has 0 spiro atoms. The van der Waals surface area contributed by atoms with E-state index in [4.69, 9.17) is 5.73 Å². The van der Waals surface area contributed by atoms with Crippen molar-refractivity contribution in [2.45, 2.75) is 39.2 Å². The molecule has 1 fully saturated rings. The average molecular weight is 425 g/mol. The van der Waals surface area contributed by atoms with Gasteiger partial charge in [-0.2, -0.15) is 0 Å². The molecule has 1 aromatic heterocycles. The van der Waals surface area contributed by atoms with Crippen molar-refractivity contribution in [1.29, 1.82) is 0 Å². The number of hydrogen-bond acceptors (Lipinski definition) is 5. The molecule has 0 saturated carbocycles. The number of piperidine rings is 1. The number of aryl methyl sites for hydroxylation is 1. The van der Waals surface area contributed by atoms with Crippen molar-refractivity contribution in [2.75, 3.05) is 19.6 Å². The Hall–Kier alpha value is -2.67. The highest BCUT2D eigenvalue weighted by Gasteiger charge is 2.46. The van der Waals surface area contributed by atoms with Crippen molar-refractivity contribution >= 4 is 29.1 Å². The van der Waals surface area contributed by atoms with Crippen LogP contribution in [0.25, 0.3) is 10.4 Å².